The fourth-order valence-electron chi connectivity index (χ4n) is 3.55. The molecule has 7 heteroatoms. The van der Waals surface area contributed by atoms with Crippen molar-refractivity contribution in [3.63, 3.8) is 0 Å². The van der Waals surface area contributed by atoms with Crippen molar-refractivity contribution in [1.82, 2.24) is 10.2 Å². The summed E-state index contributed by atoms with van der Waals surface area (Å²) in [6, 6.07) is 20.1. The molecule has 0 fully saturated rings. The summed E-state index contributed by atoms with van der Waals surface area (Å²) in [5, 5.41) is 2.92. The molecule has 0 unspecified atom stereocenters. The number of ether oxygens (including phenoxy) is 1. The molecule has 1 atom stereocenters. The molecule has 0 radical (unpaired) electrons. The highest BCUT2D eigenvalue weighted by Crippen LogP contribution is 2.18. The summed E-state index contributed by atoms with van der Waals surface area (Å²) >= 11 is 0. The van der Waals surface area contributed by atoms with Gasteiger partial charge < -0.3 is 15.0 Å². The number of rotatable bonds is 11. The molecule has 2 amide bonds. The predicted molar refractivity (Wildman–Crippen MR) is 131 cm³/mol. The summed E-state index contributed by atoms with van der Waals surface area (Å²) in [7, 11) is 0. The lowest BCUT2D eigenvalue weighted by Gasteiger charge is -2.31. The normalized spacial score (nSPS) is 11.7. The smallest absolute Gasteiger partial charge is 0.261 e. The largest absolute Gasteiger partial charge is 0.481 e. The summed E-state index contributed by atoms with van der Waals surface area (Å²) in [6.45, 7) is 4.03. The summed E-state index contributed by atoms with van der Waals surface area (Å²) in [5.74, 6) is -1.60. The fourth-order valence-corrected chi connectivity index (χ4v) is 3.55. The molecule has 0 saturated heterocycles. The van der Waals surface area contributed by atoms with Gasteiger partial charge in [0.25, 0.3) is 5.91 Å². The second kappa shape index (κ2) is 12.6. The van der Waals surface area contributed by atoms with Crippen LogP contribution in [0.3, 0.4) is 0 Å². The Bertz CT molecular complexity index is 1100. The van der Waals surface area contributed by atoms with Gasteiger partial charge in [-0.25, -0.2) is 8.78 Å². The predicted octanol–water partition coefficient (Wildman–Crippen LogP) is 4.76. The number of amides is 2. The molecule has 0 heterocycles. The van der Waals surface area contributed by atoms with E-state index in [9.17, 15) is 18.4 Å². The van der Waals surface area contributed by atoms with Gasteiger partial charge in [-0.05, 0) is 41.3 Å². The molecule has 0 spiro atoms. The van der Waals surface area contributed by atoms with Crippen LogP contribution in [0.25, 0.3) is 0 Å². The van der Waals surface area contributed by atoms with Crippen LogP contribution in [-0.4, -0.2) is 35.9 Å². The second-order valence-corrected chi connectivity index (χ2v) is 8.71. The van der Waals surface area contributed by atoms with Crippen LogP contribution in [0.2, 0.25) is 0 Å². The lowest BCUT2D eigenvalue weighted by Crippen LogP contribution is -2.52. The van der Waals surface area contributed by atoms with E-state index < -0.39 is 30.2 Å². The molecule has 0 saturated carbocycles. The second-order valence-electron chi connectivity index (χ2n) is 8.71. The first-order valence-electron chi connectivity index (χ1n) is 11.6. The van der Waals surface area contributed by atoms with Crippen LogP contribution in [0.1, 0.15) is 25.0 Å². The van der Waals surface area contributed by atoms with Crippen LogP contribution in [0.15, 0.2) is 78.9 Å². The Morgan fingerprint density at radius 2 is 1.54 bits per heavy atom. The van der Waals surface area contributed by atoms with Crippen molar-refractivity contribution in [3.05, 3.63) is 102 Å². The molecule has 3 aromatic carbocycles. The van der Waals surface area contributed by atoms with Gasteiger partial charge in [0.2, 0.25) is 5.91 Å². The van der Waals surface area contributed by atoms with Gasteiger partial charge in [-0.15, -0.1) is 0 Å². The number of benzene rings is 3. The van der Waals surface area contributed by atoms with Crippen molar-refractivity contribution in [2.75, 3.05) is 13.2 Å². The summed E-state index contributed by atoms with van der Waals surface area (Å²) < 4.78 is 33.0. The Balaban J connectivity index is 1.90. The highest BCUT2D eigenvalue weighted by atomic mass is 19.1. The van der Waals surface area contributed by atoms with Crippen molar-refractivity contribution < 1.29 is 23.1 Å². The van der Waals surface area contributed by atoms with Crippen molar-refractivity contribution in [3.8, 4) is 5.75 Å². The van der Waals surface area contributed by atoms with E-state index in [0.717, 1.165) is 5.56 Å². The highest BCUT2D eigenvalue weighted by Gasteiger charge is 2.31. The van der Waals surface area contributed by atoms with Crippen LogP contribution >= 0.6 is 0 Å². The molecule has 5 nitrogen and oxygen atoms in total. The molecule has 0 bridgehead atoms. The minimum Gasteiger partial charge on any atom is -0.481 e. The Morgan fingerprint density at radius 1 is 0.886 bits per heavy atom. The van der Waals surface area contributed by atoms with Crippen LogP contribution in [0, 0.1) is 17.6 Å². The molecular formula is C28H30F2N2O3. The summed E-state index contributed by atoms with van der Waals surface area (Å²) in [5.41, 5.74) is 1.53. The maximum Gasteiger partial charge on any atom is 0.261 e. The van der Waals surface area contributed by atoms with Gasteiger partial charge in [0.05, 0.1) is 0 Å². The van der Waals surface area contributed by atoms with E-state index >= 15 is 0 Å². The first-order chi connectivity index (χ1) is 16.8. The zero-order valence-corrected chi connectivity index (χ0v) is 19.9. The van der Waals surface area contributed by atoms with Crippen molar-refractivity contribution in [1.29, 1.82) is 0 Å². The molecule has 184 valence electrons. The molecule has 3 aromatic rings. The molecular weight excluding hydrogens is 450 g/mol. The van der Waals surface area contributed by atoms with Gasteiger partial charge in [0.1, 0.15) is 11.9 Å². The average molecular weight is 481 g/mol. The number of carbonyl (C=O) groups is 2. The maximum atomic E-state index is 14.0. The molecule has 0 aliphatic heterocycles. The summed E-state index contributed by atoms with van der Waals surface area (Å²) in [6.07, 6.45) is 0.275. The SMILES string of the molecule is CC(C)CNC(=O)[C@@H](Cc1ccccc1)N(Cc1ccc(F)cc1)C(=O)COc1ccccc1F. The Morgan fingerprint density at radius 3 is 2.20 bits per heavy atom. The molecule has 1 N–H and O–H groups in total. The van der Waals surface area contributed by atoms with Gasteiger partial charge in [0.15, 0.2) is 18.2 Å². The van der Waals surface area contributed by atoms with E-state index in [1.165, 1.54) is 35.2 Å². The number of hydrogen-bond donors (Lipinski definition) is 1. The molecule has 0 aliphatic carbocycles. The molecule has 0 aromatic heterocycles. The number of halogens is 2. The zero-order chi connectivity index (χ0) is 25.2. The third-order valence-corrected chi connectivity index (χ3v) is 5.41. The van der Waals surface area contributed by atoms with E-state index in [0.29, 0.717) is 12.1 Å². The van der Waals surface area contributed by atoms with Gasteiger partial charge in [-0.3, -0.25) is 9.59 Å². The van der Waals surface area contributed by atoms with Crippen LogP contribution in [-0.2, 0) is 22.6 Å². The monoisotopic (exact) mass is 480 g/mol. The first kappa shape index (κ1) is 25.9. The minimum atomic E-state index is -0.849. The van der Waals surface area contributed by atoms with E-state index in [-0.39, 0.29) is 30.5 Å². The minimum absolute atomic E-state index is 0.0496. The third-order valence-electron chi connectivity index (χ3n) is 5.41. The van der Waals surface area contributed by atoms with Gasteiger partial charge in [0, 0.05) is 19.5 Å². The molecule has 0 aliphatic rings. The van der Waals surface area contributed by atoms with E-state index in [2.05, 4.69) is 5.32 Å². The van der Waals surface area contributed by atoms with Gasteiger partial charge >= 0.3 is 0 Å². The van der Waals surface area contributed by atoms with Crippen molar-refractivity contribution in [2.24, 2.45) is 5.92 Å². The number of para-hydroxylation sites is 1. The third kappa shape index (κ3) is 7.91. The van der Waals surface area contributed by atoms with Crippen LogP contribution < -0.4 is 10.1 Å². The topological polar surface area (TPSA) is 58.6 Å². The summed E-state index contributed by atoms with van der Waals surface area (Å²) in [4.78, 5) is 28.1. The van der Waals surface area contributed by atoms with E-state index in [1.807, 2.05) is 44.2 Å². The fraction of sp³-hybridized carbons (Fsp3) is 0.286. The standard InChI is InChI=1S/C28H30F2N2O3/c1-20(2)17-31-28(34)25(16-21-8-4-3-5-9-21)32(18-22-12-14-23(29)15-13-22)27(33)19-35-26-11-7-6-10-24(26)30/h3-15,20,25H,16-19H2,1-2H3,(H,31,34)/t25-/m1/s1. The maximum absolute atomic E-state index is 14.0. The Kier molecular flexibility index (Phi) is 9.35. The number of nitrogens with one attached hydrogen (secondary N) is 1. The zero-order valence-electron chi connectivity index (χ0n) is 19.9. The van der Waals surface area contributed by atoms with E-state index in [1.54, 1.807) is 18.2 Å². The molecule has 3 rings (SSSR count). The van der Waals surface area contributed by atoms with Crippen molar-refractivity contribution in [2.45, 2.75) is 32.9 Å². The Hall–Kier alpha value is -3.74. The molecule has 35 heavy (non-hydrogen) atoms. The van der Waals surface area contributed by atoms with Gasteiger partial charge in [-0.2, -0.15) is 0 Å². The number of nitrogens with zero attached hydrogens (tertiary/aromatic N) is 1. The highest BCUT2D eigenvalue weighted by molar-refractivity contribution is 5.88. The lowest BCUT2D eigenvalue weighted by molar-refractivity contribution is -0.142. The van der Waals surface area contributed by atoms with Crippen LogP contribution in [0.4, 0.5) is 8.78 Å². The number of carbonyl (C=O) groups excluding carboxylic acids is 2. The van der Waals surface area contributed by atoms with E-state index in [4.69, 9.17) is 4.74 Å². The van der Waals surface area contributed by atoms with Crippen LogP contribution in [0.5, 0.6) is 5.75 Å². The van der Waals surface area contributed by atoms with Gasteiger partial charge in [-0.1, -0.05) is 68.4 Å². The number of hydrogen-bond acceptors (Lipinski definition) is 3. The lowest BCUT2D eigenvalue weighted by atomic mass is 10.0. The van der Waals surface area contributed by atoms with Crippen molar-refractivity contribution >= 4 is 11.8 Å². The average Bonchev–Trinajstić information content (AvgIpc) is 2.85. The Labute approximate surface area is 204 Å². The first-order valence-corrected chi connectivity index (χ1v) is 11.6. The quantitative estimate of drug-likeness (QED) is 0.431.